The standard InChI is InChI=1S/C15H29NO4.ClH/c1-2-3-4-5-6-7-8-16-12-9-11(10-17)13(18)15(20)14(12)19;/h9,12-20H,2-8,10H2,1H3;1H/t12-,13-,14+,15+;/m1./s1. The number of halogens is 1. The van der Waals surface area contributed by atoms with Crippen LogP contribution >= 0.6 is 12.4 Å². The first-order valence-corrected chi connectivity index (χ1v) is 7.70. The molecule has 0 amide bonds. The minimum Gasteiger partial charge on any atom is -0.392 e. The molecule has 0 heterocycles. The summed E-state index contributed by atoms with van der Waals surface area (Å²) in [6, 6.07) is -0.411. The van der Waals surface area contributed by atoms with Crippen LogP contribution in [0.25, 0.3) is 0 Å². The summed E-state index contributed by atoms with van der Waals surface area (Å²) in [7, 11) is 0. The molecule has 0 radical (unpaired) electrons. The first-order chi connectivity index (χ1) is 9.61. The maximum Gasteiger partial charge on any atom is 0.111 e. The second-order valence-electron chi connectivity index (χ2n) is 5.57. The molecule has 126 valence electrons. The molecule has 1 rings (SSSR count). The second kappa shape index (κ2) is 11.4. The topological polar surface area (TPSA) is 93.0 Å². The number of aliphatic hydroxyl groups excluding tert-OH is 4. The van der Waals surface area contributed by atoms with Crippen LogP contribution in [0.5, 0.6) is 0 Å². The summed E-state index contributed by atoms with van der Waals surface area (Å²) in [5, 5.41) is 41.6. The molecule has 1 aliphatic rings. The van der Waals surface area contributed by atoms with Crippen molar-refractivity contribution in [3.05, 3.63) is 11.6 Å². The fourth-order valence-corrected chi connectivity index (χ4v) is 2.55. The van der Waals surface area contributed by atoms with Crippen molar-refractivity contribution in [1.29, 1.82) is 0 Å². The van der Waals surface area contributed by atoms with Gasteiger partial charge in [-0.15, -0.1) is 12.4 Å². The van der Waals surface area contributed by atoms with E-state index in [9.17, 15) is 15.3 Å². The van der Waals surface area contributed by atoms with Crippen LogP contribution < -0.4 is 5.32 Å². The summed E-state index contributed by atoms with van der Waals surface area (Å²) >= 11 is 0. The summed E-state index contributed by atoms with van der Waals surface area (Å²) < 4.78 is 0. The van der Waals surface area contributed by atoms with Crippen molar-refractivity contribution in [2.45, 2.75) is 69.8 Å². The molecule has 0 saturated heterocycles. The fourth-order valence-electron chi connectivity index (χ4n) is 2.55. The van der Waals surface area contributed by atoms with E-state index in [0.717, 1.165) is 19.4 Å². The molecule has 4 atom stereocenters. The molecular formula is C15H30ClNO4. The van der Waals surface area contributed by atoms with Crippen molar-refractivity contribution in [3.8, 4) is 0 Å². The normalized spacial score (nSPS) is 28.9. The number of rotatable bonds is 9. The van der Waals surface area contributed by atoms with E-state index in [4.69, 9.17) is 5.11 Å². The zero-order valence-corrected chi connectivity index (χ0v) is 13.6. The number of hydrogen-bond donors (Lipinski definition) is 5. The van der Waals surface area contributed by atoms with Crippen LogP contribution in [0.1, 0.15) is 45.4 Å². The van der Waals surface area contributed by atoms with Gasteiger partial charge >= 0.3 is 0 Å². The van der Waals surface area contributed by atoms with Gasteiger partial charge in [-0.25, -0.2) is 0 Å². The van der Waals surface area contributed by atoms with Crippen molar-refractivity contribution in [1.82, 2.24) is 5.32 Å². The predicted octanol–water partition coefficient (Wildman–Crippen LogP) is 0.742. The van der Waals surface area contributed by atoms with Crippen LogP contribution in [0, 0.1) is 0 Å². The van der Waals surface area contributed by atoms with E-state index >= 15 is 0 Å². The number of hydrogen-bond acceptors (Lipinski definition) is 5. The molecule has 0 aromatic carbocycles. The lowest BCUT2D eigenvalue weighted by molar-refractivity contribution is -0.0641. The number of unbranched alkanes of at least 4 members (excludes halogenated alkanes) is 5. The molecule has 0 aliphatic heterocycles. The van der Waals surface area contributed by atoms with Gasteiger partial charge in [-0.2, -0.15) is 0 Å². The van der Waals surface area contributed by atoms with Crippen molar-refractivity contribution in [3.63, 3.8) is 0 Å². The zero-order valence-electron chi connectivity index (χ0n) is 12.7. The van der Waals surface area contributed by atoms with Crippen LogP contribution in [-0.4, -0.2) is 57.9 Å². The smallest absolute Gasteiger partial charge is 0.111 e. The van der Waals surface area contributed by atoms with E-state index in [1.54, 1.807) is 6.08 Å². The highest BCUT2D eigenvalue weighted by Crippen LogP contribution is 2.20. The number of nitrogens with one attached hydrogen (secondary N) is 1. The van der Waals surface area contributed by atoms with Crippen LogP contribution in [0.3, 0.4) is 0 Å². The van der Waals surface area contributed by atoms with Crippen molar-refractivity contribution < 1.29 is 20.4 Å². The Morgan fingerprint density at radius 2 is 1.62 bits per heavy atom. The lowest BCUT2D eigenvalue weighted by Crippen LogP contribution is -2.54. The minimum atomic E-state index is -1.25. The Morgan fingerprint density at radius 3 is 2.24 bits per heavy atom. The Balaban J connectivity index is 0.00000400. The molecule has 0 aromatic heterocycles. The zero-order chi connectivity index (χ0) is 15.0. The first-order valence-electron chi connectivity index (χ1n) is 7.70. The van der Waals surface area contributed by atoms with Crippen molar-refractivity contribution in [2.75, 3.05) is 13.2 Å². The Bertz CT molecular complexity index is 301. The van der Waals surface area contributed by atoms with Gasteiger partial charge in [-0.05, 0) is 18.5 Å². The van der Waals surface area contributed by atoms with Gasteiger partial charge in [0.05, 0.1) is 12.6 Å². The second-order valence-corrected chi connectivity index (χ2v) is 5.57. The fraction of sp³-hybridized carbons (Fsp3) is 0.867. The van der Waals surface area contributed by atoms with Gasteiger partial charge < -0.3 is 25.7 Å². The van der Waals surface area contributed by atoms with Gasteiger partial charge in [0, 0.05) is 0 Å². The quantitative estimate of drug-likeness (QED) is 0.319. The molecule has 0 spiro atoms. The van der Waals surface area contributed by atoms with E-state index < -0.39 is 24.4 Å². The van der Waals surface area contributed by atoms with Crippen LogP contribution in [0.2, 0.25) is 0 Å². The summed E-state index contributed by atoms with van der Waals surface area (Å²) in [5.41, 5.74) is 0.364. The monoisotopic (exact) mass is 323 g/mol. The van der Waals surface area contributed by atoms with Crippen LogP contribution in [0.4, 0.5) is 0 Å². The Morgan fingerprint density at radius 1 is 1.00 bits per heavy atom. The molecule has 21 heavy (non-hydrogen) atoms. The van der Waals surface area contributed by atoms with Gasteiger partial charge in [-0.1, -0.05) is 45.1 Å². The van der Waals surface area contributed by atoms with Crippen molar-refractivity contribution >= 4 is 12.4 Å². The summed E-state index contributed by atoms with van der Waals surface area (Å²) in [6.45, 7) is 2.64. The summed E-state index contributed by atoms with van der Waals surface area (Å²) in [4.78, 5) is 0. The van der Waals surface area contributed by atoms with Gasteiger partial charge in [0.15, 0.2) is 0 Å². The highest BCUT2D eigenvalue weighted by atomic mass is 35.5. The third kappa shape index (κ3) is 6.63. The molecule has 0 bridgehead atoms. The van der Waals surface area contributed by atoms with E-state index in [1.165, 1.54) is 25.7 Å². The maximum absolute atomic E-state index is 9.90. The third-order valence-electron chi connectivity index (χ3n) is 3.91. The van der Waals surface area contributed by atoms with Gasteiger partial charge in [0.1, 0.15) is 18.3 Å². The maximum atomic E-state index is 9.90. The van der Waals surface area contributed by atoms with Gasteiger partial charge in [0.25, 0.3) is 0 Å². The molecule has 6 heteroatoms. The SMILES string of the molecule is CCCCCCCCN[C@@H]1C=C(CO)[C@@H](O)[C@H](O)[C@H]1O.Cl. The molecule has 1 aliphatic carbocycles. The minimum absolute atomic E-state index is 0. The van der Waals surface area contributed by atoms with Crippen LogP contribution in [0.15, 0.2) is 11.6 Å². The lowest BCUT2D eigenvalue weighted by Gasteiger charge is -2.34. The third-order valence-corrected chi connectivity index (χ3v) is 3.91. The molecule has 0 unspecified atom stereocenters. The van der Waals surface area contributed by atoms with E-state index in [-0.39, 0.29) is 19.0 Å². The Kier molecular flexibility index (Phi) is 11.3. The highest BCUT2D eigenvalue weighted by molar-refractivity contribution is 5.85. The Hall–Kier alpha value is -0.170. The average Bonchev–Trinajstić information content (AvgIpc) is 2.46. The molecule has 0 aromatic rings. The predicted molar refractivity (Wildman–Crippen MR) is 85.6 cm³/mol. The highest BCUT2D eigenvalue weighted by Gasteiger charge is 2.36. The molecular weight excluding hydrogens is 294 g/mol. The summed E-state index contributed by atoms with van der Waals surface area (Å²) in [5.74, 6) is 0. The molecule has 0 saturated carbocycles. The van der Waals surface area contributed by atoms with Crippen molar-refractivity contribution in [2.24, 2.45) is 0 Å². The van der Waals surface area contributed by atoms with E-state index in [1.807, 2.05) is 0 Å². The number of aliphatic hydroxyl groups is 4. The average molecular weight is 324 g/mol. The van der Waals surface area contributed by atoms with Gasteiger partial charge in [0.2, 0.25) is 0 Å². The van der Waals surface area contributed by atoms with E-state index in [0.29, 0.717) is 5.57 Å². The molecule has 5 nitrogen and oxygen atoms in total. The molecule has 5 N–H and O–H groups in total. The van der Waals surface area contributed by atoms with Gasteiger partial charge in [-0.3, -0.25) is 0 Å². The first kappa shape index (κ1) is 20.8. The summed E-state index contributed by atoms with van der Waals surface area (Å²) in [6.07, 6.45) is 5.34. The molecule has 0 fully saturated rings. The lowest BCUT2D eigenvalue weighted by atomic mass is 9.88. The Labute approximate surface area is 133 Å². The van der Waals surface area contributed by atoms with Crippen LogP contribution in [-0.2, 0) is 0 Å². The van der Waals surface area contributed by atoms with E-state index in [2.05, 4.69) is 12.2 Å². The largest absolute Gasteiger partial charge is 0.392 e.